The lowest BCUT2D eigenvalue weighted by Gasteiger charge is -2.09. The van der Waals surface area contributed by atoms with Gasteiger partial charge in [0, 0.05) is 10.0 Å². The lowest BCUT2D eigenvalue weighted by molar-refractivity contribution is -0.122. The fourth-order valence-corrected chi connectivity index (χ4v) is 1.76. The zero-order chi connectivity index (χ0) is 11.0. The average Bonchev–Trinajstić information content (AvgIpc) is 2.50. The molecule has 1 aliphatic rings. The standard InChI is InChI=1S/C9H6BrClN2O2/c10-5-3-4(1-2-6(5)11)7-8(14)13-9(12)15-7/h1-3,7H,(H2,12,13,14). The molecule has 1 unspecified atom stereocenters. The molecular weight excluding hydrogens is 283 g/mol. The minimum Gasteiger partial charge on any atom is -0.447 e. The van der Waals surface area contributed by atoms with Crippen molar-refractivity contribution in [2.75, 3.05) is 0 Å². The lowest BCUT2D eigenvalue weighted by atomic mass is 10.1. The Labute approximate surface area is 99.2 Å². The van der Waals surface area contributed by atoms with Crippen LogP contribution in [0.15, 0.2) is 27.7 Å². The number of amides is 1. The third-order valence-corrected chi connectivity index (χ3v) is 3.14. The molecule has 15 heavy (non-hydrogen) atoms. The Morgan fingerprint density at radius 1 is 1.53 bits per heavy atom. The SMILES string of the molecule is NC1=NC(=O)C(c2ccc(Cl)c(Br)c2)O1. The number of aliphatic imine (C=N–C) groups is 1. The molecule has 0 aromatic heterocycles. The van der Waals surface area contributed by atoms with E-state index in [-0.39, 0.29) is 6.02 Å². The van der Waals surface area contributed by atoms with Crippen LogP contribution in [0.25, 0.3) is 0 Å². The zero-order valence-corrected chi connectivity index (χ0v) is 9.75. The molecule has 4 nitrogen and oxygen atoms in total. The first-order valence-electron chi connectivity index (χ1n) is 4.07. The molecule has 0 saturated carbocycles. The normalized spacial score (nSPS) is 20.0. The van der Waals surface area contributed by atoms with Crippen LogP contribution in [0.1, 0.15) is 11.7 Å². The van der Waals surface area contributed by atoms with Crippen LogP contribution >= 0.6 is 27.5 Å². The Morgan fingerprint density at radius 2 is 2.27 bits per heavy atom. The molecule has 0 aliphatic carbocycles. The van der Waals surface area contributed by atoms with E-state index in [0.717, 1.165) is 0 Å². The Morgan fingerprint density at radius 3 is 2.80 bits per heavy atom. The number of nitrogens with two attached hydrogens (primary N) is 1. The molecule has 0 spiro atoms. The van der Waals surface area contributed by atoms with Gasteiger partial charge in [0.05, 0.1) is 5.02 Å². The number of rotatable bonds is 1. The van der Waals surface area contributed by atoms with Crippen LogP contribution in [0.3, 0.4) is 0 Å². The van der Waals surface area contributed by atoms with Crippen LogP contribution in [0.2, 0.25) is 5.02 Å². The summed E-state index contributed by atoms with van der Waals surface area (Å²) in [6.07, 6.45) is -0.751. The van der Waals surface area contributed by atoms with E-state index in [1.54, 1.807) is 18.2 Å². The molecule has 1 amide bonds. The van der Waals surface area contributed by atoms with Crippen LogP contribution in [-0.2, 0) is 9.53 Å². The quantitative estimate of drug-likeness (QED) is 0.860. The van der Waals surface area contributed by atoms with Crippen molar-refractivity contribution in [3.05, 3.63) is 33.3 Å². The first-order chi connectivity index (χ1) is 7.08. The predicted molar refractivity (Wildman–Crippen MR) is 59.6 cm³/mol. The number of benzene rings is 1. The summed E-state index contributed by atoms with van der Waals surface area (Å²) in [6, 6.07) is 4.98. The molecule has 0 bridgehead atoms. The number of carbonyl (C=O) groups is 1. The first-order valence-corrected chi connectivity index (χ1v) is 5.24. The highest BCUT2D eigenvalue weighted by atomic mass is 79.9. The van der Waals surface area contributed by atoms with Crippen molar-refractivity contribution in [2.45, 2.75) is 6.10 Å². The molecule has 1 aromatic rings. The maximum atomic E-state index is 11.3. The van der Waals surface area contributed by atoms with E-state index >= 15 is 0 Å². The Balaban J connectivity index is 2.32. The molecule has 78 valence electrons. The molecule has 2 rings (SSSR count). The van der Waals surface area contributed by atoms with Gasteiger partial charge < -0.3 is 10.5 Å². The van der Waals surface area contributed by atoms with Crippen LogP contribution in [0.5, 0.6) is 0 Å². The van der Waals surface area contributed by atoms with Crippen molar-refractivity contribution in [2.24, 2.45) is 10.7 Å². The van der Waals surface area contributed by atoms with Crippen molar-refractivity contribution in [3.8, 4) is 0 Å². The summed E-state index contributed by atoms with van der Waals surface area (Å²) in [4.78, 5) is 14.8. The van der Waals surface area contributed by atoms with Crippen LogP contribution in [-0.4, -0.2) is 11.9 Å². The minimum atomic E-state index is -0.751. The fourth-order valence-electron chi connectivity index (χ4n) is 1.25. The number of hydrogen-bond acceptors (Lipinski definition) is 3. The van der Waals surface area contributed by atoms with Gasteiger partial charge in [0.1, 0.15) is 0 Å². The highest BCUT2D eigenvalue weighted by Gasteiger charge is 2.29. The molecule has 0 radical (unpaired) electrons. The summed E-state index contributed by atoms with van der Waals surface area (Å²) < 4.78 is 5.77. The molecule has 1 aromatic carbocycles. The van der Waals surface area contributed by atoms with Gasteiger partial charge in [0.15, 0.2) is 0 Å². The Bertz CT molecular complexity index is 461. The predicted octanol–water partition coefficient (Wildman–Crippen LogP) is 2.02. The van der Waals surface area contributed by atoms with Gasteiger partial charge in [-0.2, -0.15) is 4.99 Å². The highest BCUT2D eigenvalue weighted by molar-refractivity contribution is 9.10. The number of ether oxygens (including phenoxy) is 1. The Hall–Kier alpha value is -1.07. The summed E-state index contributed by atoms with van der Waals surface area (Å²) in [5, 5.41) is 0.568. The van der Waals surface area contributed by atoms with Crippen LogP contribution < -0.4 is 5.73 Å². The van der Waals surface area contributed by atoms with Crippen molar-refractivity contribution >= 4 is 39.5 Å². The first kappa shape index (κ1) is 10.4. The molecule has 1 heterocycles. The van der Waals surface area contributed by atoms with E-state index in [0.29, 0.717) is 15.1 Å². The molecule has 1 atom stereocenters. The van der Waals surface area contributed by atoms with E-state index in [9.17, 15) is 4.79 Å². The summed E-state index contributed by atoms with van der Waals surface area (Å²) in [7, 11) is 0. The fraction of sp³-hybridized carbons (Fsp3) is 0.111. The average molecular weight is 290 g/mol. The zero-order valence-electron chi connectivity index (χ0n) is 7.41. The van der Waals surface area contributed by atoms with E-state index in [2.05, 4.69) is 20.9 Å². The van der Waals surface area contributed by atoms with Gasteiger partial charge in [-0.1, -0.05) is 17.7 Å². The maximum Gasteiger partial charge on any atom is 0.296 e. The van der Waals surface area contributed by atoms with E-state index in [4.69, 9.17) is 22.1 Å². The number of carbonyl (C=O) groups excluding carboxylic acids is 1. The van der Waals surface area contributed by atoms with Crippen LogP contribution in [0, 0.1) is 0 Å². The number of nitrogens with zero attached hydrogens (tertiary/aromatic N) is 1. The highest BCUT2D eigenvalue weighted by Crippen LogP contribution is 2.29. The van der Waals surface area contributed by atoms with Gasteiger partial charge in [-0.25, -0.2) is 0 Å². The maximum absolute atomic E-state index is 11.3. The van der Waals surface area contributed by atoms with E-state index < -0.39 is 12.0 Å². The molecule has 2 N–H and O–H groups in total. The summed E-state index contributed by atoms with van der Waals surface area (Å²) in [6.45, 7) is 0. The van der Waals surface area contributed by atoms with E-state index in [1.165, 1.54) is 0 Å². The lowest BCUT2D eigenvalue weighted by Crippen LogP contribution is -2.13. The second-order valence-electron chi connectivity index (χ2n) is 2.96. The monoisotopic (exact) mass is 288 g/mol. The Kier molecular flexibility index (Phi) is 2.67. The van der Waals surface area contributed by atoms with Gasteiger partial charge in [-0.3, -0.25) is 4.79 Å². The number of halogens is 2. The number of hydrogen-bond donors (Lipinski definition) is 1. The molecular formula is C9H6BrClN2O2. The van der Waals surface area contributed by atoms with Crippen LogP contribution in [0.4, 0.5) is 0 Å². The summed E-state index contributed by atoms with van der Waals surface area (Å²) in [5.74, 6) is -0.401. The molecule has 1 aliphatic heterocycles. The van der Waals surface area contributed by atoms with Gasteiger partial charge in [-0.05, 0) is 28.1 Å². The van der Waals surface area contributed by atoms with Gasteiger partial charge >= 0.3 is 0 Å². The third-order valence-electron chi connectivity index (χ3n) is 1.93. The van der Waals surface area contributed by atoms with Crippen molar-refractivity contribution in [1.29, 1.82) is 0 Å². The second-order valence-corrected chi connectivity index (χ2v) is 4.22. The largest absolute Gasteiger partial charge is 0.447 e. The molecule has 0 fully saturated rings. The van der Waals surface area contributed by atoms with Crippen molar-refractivity contribution in [1.82, 2.24) is 0 Å². The van der Waals surface area contributed by atoms with Gasteiger partial charge in [0.25, 0.3) is 11.9 Å². The number of amidine groups is 1. The minimum absolute atomic E-state index is 0.101. The molecule has 0 saturated heterocycles. The van der Waals surface area contributed by atoms with Gasteiger partial charge in [-0.15, -0.1) is 0 Å². The molecule has 6 heteroatoms. The van der Waals surface area contributed by atoms with E-state index in [1.807, 2.05) is 0 Å². The van der Waals surface area contributed by atoms with Crippen molar-refractivity contribution < 1.29 is 9.53 Å². The van der Waals surface area contributed by atoms with Crippen molar-refractivity contribution in [3.63, 3.8) is 0 Å². The summed E-state index contributed by atoms with van der Waals surface area (Å²) in [5.41, 5.74) is 5.96. The topological polar surface area (TPSA) is 64.7 Å². The third kappa shape index (κ3) is 1.98. The smallest absolute Gasteiger partial charge is 0.296 e. The summed E-state index contributed by atoms with van der Waals surface area (Å²) >= 11 is 9.09. The second kappa shape index (κ2) is 3.83. The van der Waals surface area contributed by atoms with Gasteiger partial charge in [0.2, 0.25) is 6.10 Å².